The molecule has 0 radical (unpaired) electrons. The molecule has 27 heavy (non-hydrogen) atoms. The number of pyridine rings is 1. The molecule has 0 atom stereocenters. The Labute approximate surface area is 167 Å². The highest BCUT2D eigenvalue weighted by Gasteiger charge is 2.21. The van der Waals surface area contributed by atoms with Crippen molar-refractivity contribution in [3.05, 3.63) is 71.0 Å². The van der Waals surface area contributed by atoms with Crippen molar-refractivity contribution in [3.63, 3.8) is 0 Å². The number of benzene rings is 2. The fourth-order valence-corrected chi connectivity index (χ4v) is 4.73. The number of hydrogen-bond acceptors (Lipinski definition) is 5. The summed E-state index contributed by atoms with van der Waals surface area (Å²) in [5, 5.41) is 0. The van der Waals surface area contributed by atoms with Crippen LogP contribution in [0.4, 0.5) is 0 Å². The Bertz CT molecular complexity index is 1050. The van der Waals surface area contributed by atoms with E-state index in [9.17, 15) is 8.42 Å². The maximum Gasteiger partial charge on any atom is 0.186 e. The molecule has 0 saturated heterocycles. The Hall–Kier alpha value is -2.38. The molecule has 2 aromatic carbocycles. The van der Waals surface area contributed by atoms with Gasteiger partial charge < -0.3 is 9.47 Å². The molecule has 140 valence electrons. The van der Waals surface area contributed by atoms with Gasteiger partial charge in [-0.05, 0) is 47.5 Å². The van der Waals surface area contributed by atoms with E-state index in [2.05, 4.69) is 20.9 Å². The summed E-state index contributed by atoms with van der Waals surface area (Å²) in [7, 11) is -0.541. The average molecular weight is 448 g/mol. The number of sulfone groups is 1. The first-order valence-corrected chi connectivity index (χ1v) is 10.5. The second-order valence-corrected chi connectivity index (χ2v) is 8.74. The number of methoxy groups -OCH3 is 2. The van der Waals surface area contributed by atoms with Crippen molar-refractivity contribution in [3.8, 4) is 22.6 Å². The predicted octanol–water partition coefficient (Wildman–Crippen LogP) is 4.50. The Morgan fingerprint density at radius 2 is 1.67 bits per heavy atom. The van der Waals surface area contributed by atoms with Crippen molar-refractivity contribution in [2.75, 3.05) is 14.2 Å². The van der Waals surface area contributed by atoms with Crippen molar-refractivity contribution in [2.45, 2.75) is 10.6 Å². The molecule has 7 heteroatoms. The maximum absolute atomic E-state index is 12.9. The highest BCUT2D eigenvalue weighted by atomic mass is 79.9. The third kappa shape index (κ3) is 4.48. The molecule has 0 bridgehead atoms. The summed E-state index contributed by atoms with van der Waals surface area (Å²) >= 11 is 3.31. The fourth-order valence-electron chi connectivity index (χ4n) is 2.70. The monoisotopic (exact) mass is 447 g/mol. The van der Waals surface area contributed by atoms with Crippen molar-refractivity contribution in [1.29, 1.82) is 0 Å². The van der Waals surface area contributed by atoms with Crippen LogP contribution in [0.3, 0.4) is 0 Å². The number of aromatic nitrogens is 1. The molecule has 0 saturated carbocycles. The van der Waals surface area contributed by atoms with Gasteiger partial charge in [-0.15, -0.1) is 0 Å². The molecular formula is C20H18BrNO4S. The van der Waals surface area contributed by atoms with E-state index in [-0.39, 0.29) is 10.6 Å². The van der Waals surface area contributed by atoms with E-state index in [1.165, 1.54) is 7.11 Å². The minimum Gasteiger partial charge on any atom is -0.497 e. The molecule has 0 fully saturated rings. The zero-order valence-corrected chi connectivity index (χ0v) is 17.2. The third-order valence-electron chi connectivity index (χ3n) is 4.04. The first kappa shape index (κ1) is 19.4. The van der Waals surface area contributed by atoms with E-state index < -0.39 is 9.84 Å². The van der Waals surface area contributed by atoms with Crippen LogP contribution in [0.2, 0.25) is 0 Å². The van der Waals surface area contributed by atoms with E-state index in [0.717, 1.165) is 16.9 Å². The number of nitrogens with zero attached hydrogens (tertiary/aromatic N) is 1. The molecular weight excluding hydrogens is 430 g/mol. The SMILES string of the molecule is COc1ccc(-c2cncc(CS(=O)(=O)c3cc(Br)ccc3OC)c2)cc1. The molecule has 0 spiro atoms. The van der Waals surface area contributed by atoms with Gasteiger partial charge in [-0.25, -0.2) is 8.42 Å². The zero-order valence-electron chi connectivity index (χ0n) is 14.8. The largest absolute Gasteiger partial charge is 0.497 e. The first-order chi connectivity index (χ1) is 12.9. The summed E-state index contributed by atoms with van der Waals surface area (Å²) < 4.78 is 36.9. The zero-order chi connectivity index (χ0) is 19.4. The van der Waals surface area contributed by atoms with Gasteiger partial charge in [0.15, 0.2) is 9.84 Å². The number of halogens is 1. The summed E-state index contributed by atoms with van der Waals surface area (Å²) in [5.74, 6) is 0.904. The lowest BCUT2D eigenvalue weighted by Gasteiger charge is -2.11. The lowest BCUT2D eigenvalue weighted by atomic mass is 10.1. The summed E-state index contributed by atoms with van der Waals surface area (Å²) in [6.07, 6.45) is 3.27. The first-order valence-electron chi connectivity index (χ1n) is 8.07. The second-order valence-electron chi connectivity index (χ2n) is 5.86. The summed E-state index contributed by atoms with van der Waals surface area (Å²) in [5.41, 5.74) is 2.37. The van der Waals surface area contributed by atoms with Gasteiger partial charge in [0.1, 0.15) is 16.4 Å². The maximum atomic E-state index is 12.9. The molecule has 3 aromatic rings. The molecule has 0 unspecified atom stereocenters. The van der Waals surface area contributed by atoms with Crippen LogP contribution in [-0.4, -0.2) is 27.6 Å². The Morgan fingerprint density at radius 3 is 2.33 bits per heavy atom. The van der Waals surface area contributed by atoms with Gasteiger partial charge in [-0.2, -0.15) is 0 Å². The lowest BCUT2D eigenvalue weighted by Crippen LogP contribution is -2.07. The Morgan fingerprint density at radius 1 is 0.926 bits per heavy atom. The summed E-state index contributed by atoms with van der Waals surface area (Å²) in [4.78, 5) is 4.35. The van der Waals surface area contributed by atoms with Gasteiger partial charge in [-0.1, -0.05) is 28.1 Å². The van der Waals surface area contributed by atoms with Crippen molar-refractivity contribution >= 4 is 25.8 Å². The molecule has 5 nitrogen and oxygen atoms in total. The van der Waals surface area contributed by atoms with Gasteiger partial charge in [0, 0.05) is 22.4 Å². The molecule has 0 aliphatic heterocycles. The molecule has 0 amide bonds. The van der Waals surface area contributed by atoms with E-state index in [1.807, 2.05) is 30.3 Å². The van der Waals surface area contributed by atoms with E-state index in [4.69, 9.17) is 9.47 Å². The quantitative estimate of drug-likeness (QED) is 0.556. The lowest BCUT2D eigenvalue weighted by molar-refractivity contribution is 0.402. The molecule has 1 heterocycles. The molecule has 0 aliphatic carbocycles. The molecule has 1 aromatic heterocycles. The van der Waals surface area contributed by atoms with Gasteiger partial charge in [0.2, 0.25) is 0 Å². The van der Waals surface area contributed by atoms with Gasteiger partial charge in [0.25, 0.3) is 0 Å². The van der Waals surface area contributed by atoms with Gasteiger partial charge >= 0.3 is 0 Å². The van der Waals surface area contributed by atoms with Crippen molar-refractivity contribution in [1.82, 2.24) is 4.98 Å². The Balaban J connectivity index is 1.92. The number of ether oxygens (including phenoxy) is 2. The predicted molar refractivity (Wildman–Crippen MR) is 108 cm³/mol. The molecule has 0 N–H and O–H groups in total. The van der Waals surface area contributed by atoms with Crippen LogP contribution in [0.5, 0.6) is 11.5 Å². The van der Waals surface area contributed by atoms with Gasteiger partial charge in [-0.3, -0.25) is 4.98 Å². The van der Waals surface area contributed by atoms with Crippen LogP contribution >= 0.6 is 15.9 Å². The summed E-state index contributed by atoms with van der Waals surface area (Å²) in [6.45, 7) is 0. The highest BCUT2D eigenvalue weighted by molar-refractivity contribution is 9.10. The molecule has 3 rings (SSSR count). The van der Waals surface area contributed by atoms with Crippen LogP contribution in [0.25, 0.3) is 11.1 Å². The molecule has 0 aliphatic rings. The summed E-state index contributed by atoms with van der Waals surface area (Å²) in [6, 6.07) is 14.3. The minimum absolute atomic E-state index is 0.147. The smallest absolute Gasteiger partial charge is 0.186 e. The van der Waals surface area contributed by atoms with Crippen molar-refractivity contribution in [2.24, 2.45) is 0 Å². The van der Waals surface area contributed by atoms with Crippen LogP contribution < -0.4 is 9.47 Å². The number of hydrogen-bond donors (Lipinski definition) is 0. The fraction of sp³-hybridized carbons (Fsp3) is 0.150. The van der Waals surface area contributed by atoms with Crippen LogP contribution in [0.15, 0.2) is 70.3 Å². The second kappa shape index (κ2) is 8.10. The van der Waals surface area contributed by atoms with Gasteiger partial charge in [0.05, 0.1) is 20.0 Å². The Kier molecular flexibility index (Phi) is 5.82. The van der Waals surface area contributed by atoms with Crippen LogP contribution in [-0.2, 0) is 15.6 Å². The van der Waals surface area contributed by atoms with Crippen LogP contribution in [0.1, 0.15) is 5.56 Å². The topological polar surface area (TPSA) is 65.5 Å². The highest BCUT2D eigenvalue weighted by Crippen LogP contribution is 2.30. The minimum atomic E-state index is -3.60. The van der Waals surface area contributed by atoms with E-state index in [1.54, 1.807) is 37.7 Å². The van der Waals surface area contributed by atoms with E-state index >= 15 is 0 Å². The van der Waals surface area contributed by atoms with Crippen LogP contribution in [0, 0.1) is 0 Å². The third-order valence-corrected chi connectivity index (χ3v) is 6.23. The standard InChI is InChI=1S/C20H18BrNO4S/c1-25-18-6-3-15(4-7-18)16-9-14(11-22-12-16)13-27(23,24)20-10-17(21)5-8-19(20)26-2/h3-12H,13H2,1-2H3. The number of rotatable bonds is 6. The van der Waals surface area contributed by atoms with Crippen molar-refractivity contribution < 1.29 is 17.9 Å². The normalized spacial score (nSPS) is 11.2. The van der Waals surface area contributed by atoms with E-state index in [0.29, 0.717) is 15.8 Å². The average Bonchev–Trinajstić information content (AvgIpc) is 2.68.